The van der Waals surface area contributed by atoms with Gasteiger partial charge in [-0.15, -0.1) is 23.7 Å². The van der Waals surface area contributed by atoms with Crippen LogP contribution in [0, 0.1) is 0 Å². The van der Waals surface area contributed by atoms with Crippen LogP contribution in [0.15, 0.2) is 5.38 Å². The lowest BCUT2D eigenvalue weighted by atomic mass is 10.3. The first-order chi connectivity index (χ1) is 6.76. The highest BCUT2D eigenvalue weighted by Gasteiger charge is 2.03. The Bertz CT molecular complexity index is 265. The van der Waals surface area contributed by atoms with Gasteiger partial charge in [-0.05, 0) is 19.9 Å². The Kier molecular flexibility index (Phi) is 7.96. The number of hydrogen-bond donors (Lipinski definition) is 1. The summed E-state index contributed by atoms with van der Waals surface area (Å²) >= 11 is 1.77. The maximum Gasteiger partial charge on any atom is 0.0928 e. The number of halogens is 1. The zero-order valence-electron chi connectivity index (χ0n) is 9.40. The molecule has 15 heavy (non-hydrogen) atoms. The molecule has 0 aromatic carbocycles. The maximum atomic E-state index is 5.48. The van der Waals surface area contributed by atoms with E-state index < -0.39 is 0 Å². The fraction of sp³-hybridized carbons (Fsp3) is 0.700. The average Bonchev–Trinajstić information content (AvgIpc) is 2.53. The number of nitrogens with two attached hydrogens (primary N) is 1. The molecule has 0 spiro atoms. The van der Waals surface area contributed by atoms with Crippen LogP contribution in [0.2, 0.25) is 0 Å². The van der Waals surface area contributed by atoms with E-state index in [1.165, 1.54) is 17.1 Å². The minimum atomic E-state index is 0. The average molecular weight is 250 g/mol. The number of aryl methyl sites for hydroxylation is 1. The van der Waals surface area contributed by atoms with Gasteiger partial charge < -0.3 is 5.73 Å². The number of hydrogen-bond acceptors (Lipinski definition) is 4. The third kappa shape index (κ3) is 5.47. The number of aromatic nitrogens is 1. The van der Waals surface area contributed by atoms with Gasteiger partial charge >= 0.3 is 0 Å². The zero-order chi connectivity index (χ0) is 10.4. The molecule has 0 aliphatic carbocycles. The van der Waals surface area contributed by atoms with Crippen LogP contribution >= 0.6 is 23.7 Å². The van der Waals surface area contributed by atoms with E-state index in [-0.39, 0.29) is 12.4 Å². The normalized spacial score (nSPS) is 10.4. The molecule has 1 heterocycles. The van der Waals surface area contributed by atoms with Crippen LogP contribution in [0.5, 0.6) is 0 Å². The SMILES string of the molecule is CCCc1nc(CN(C)CCN)cs1.Cl. The molecule has 88 valence electrons. The van der Waals surface area contributed by atoms with Crippen molar-refractivity contribution < 1.29 is 0 Å². The summed E-state index contributed by atoms with van der Waals surface area (Å²) in [5.41, 5.74) is 6.65. The van der Waals surface area contributed by atoms with Crippen LogP contribution in [-0.2, 0) is 13.0 Å². The summed E-state index contributed by atoms with van der Waals surface area (Å²) in [7, 11) is 2.08. The van der Waals surface area contributed by atoms with Gasteiger partial charge in [0.1, 0.15) is 0 Å². The van der Waals surface area contributed by atoms with E-state index in [0.717, 1.165) is 19.5 Å². The highest BCUT2D eigenvalue weighted by molar-refractivity contribution is 7.09. The molecule has 0 amide bonds. The van der Waals surface area contributed by atoms with E-state index >= 15 is 0 Å². The smallest absolute Gasteiger partial charge is 0.0928 e. The van der Waals surface area contributed by atoms with Gasteiger partial charge in [-0.2, -0.15) is 0 Å². The fourth-order valence-electron chi connectivity index (χ4n) is 1.33. The van der Waals surface area contributed by atoms with E-state index in [1.54, 1.807) is 11.3 Å². The van der Waals surface area contributed by atoms with Crippen LogP contribution in [0.4, 0.5) is 0 Å². The lowest BCUT2D eigenvalue weighted by Gasteiger charge is -2.12. The van der Waals surface area contributed by atoms with Crippen molar-refractivity contribution in [2.75, 3.05) is 20.1 Å². The molecule has 0 saturated carbocycles. The molecule has 1 rings (SSSR count). The van der Waals surface area contributed by atoms with Crippen LogP contribution in [-0.4, -0.2) is 30.0 Å². The van der Waals surface area contributed by atoms with E-state index in [1.807, 2.05) is 0 Å². The summed E-state index contributed by atoms with van der Waals surface area (Å²) in [5.74, 6) is 0. The lowest BCUT2D eigenvalue weighted by molar-refractivity contribution is 0.332. The first-order valence-electron chi connectivity index (χ1n) is 5.08. The van der Waals surface area contributed by atoms with Crippen LogP contribution in [0.1, 0.15) is 24.0 Å². The third-order valence-corrected chi connectivity index (χ3v) is 2.96. The summed E-state index contributed by atoms with van der Waals surface area (Å²) in [6.45, 7) is 4.74. The Morgan fingerprint density at radius 2 is 2.27 bits per heavy atom. The van der Waals surface area contributed by atoms with E-state index in [0.29, 0.717) is 6.54 Å². The van der Waals surface area contributed by atoms with Crippen molar-refractivity contribution in [1.29, 1.82) is 0 Å². The molecule has 0 fully saturated rings. The minimum absolute atomic E-state index is 0. The molecule has 0 unspecified atom stereocenters. The van der Waals surface area contributed by atoms with Crippen LogP contribution in [0.25, 0.3) is 0 Å². The second kappa shape index (κ2) is 8.05. The molecule has 0 radical (unpaired) electrons. The molecule has 0 saturated heterocycles. The Hall–Kier alpha value is -0.160. The van der Waals surface area contributed by atoms with Gasteiger partial charge in [0, 0.05) is 25.0 Å². The molecule has 5 heteroatoms. The highest BCUT2D eigenvalue weighted by atomic mass is 35.5. The maximum absolute atomic E-state index is 5.48. The largest absolute Gasteiger partial charge is 0.329 e. The van der Waals surface area contributed by atoms with Crippen molar-refractivity contribution in [2.24, 2.45) is 5.73 Å². The predicted octanol–water partition coefficient (Wildman–Crippen LogP) is 1.91. The van der Waals surface area contributed by atoms with Crippen LogP contribution in [0.3, 0.4) is 0 Å². The number of likely N-dealkylation sites (N-methyl/N-ethyl adjacent to an activating group) is 1. The minimum Gasteiger partial charge on any atom is -0.329 e. The molecule has 3 nitrogen and oxygen atoms in total. The molecule has 1 aromatic heterocycles. The lowest BCUT2D eigenvalue weighted by Crippen LogP contribution is -2.25. The fourth-order valence-corrected chi connectivity index (χ4v) is 2.22. The standard InChI is InChI=1S/C10H19N3S.ClH/c1-3-4-10-12-9(8-14-10)7-13(2)6-5-11;/h8H,3-7,11H2,1-2H3;1H. The Balaban J connectivity index is 0.00000196. The first-order valence-corrected chi connectivity index (χ1v) is 5.96. The van der Waals surface area contributed by atoms with Gasteiger partial charge in [0.2, 0.25) is 0 Å². The third-order valence-electron chi connectivity index (χ3n) is 2.01. The molecular formula is C10H20ClN3S. The second-order valence-corrected chi connectivity index (χ2v) is 4.45. The van der Waals surface area contributed by atoms with E-state index in [4.69, 9.17) is 5.73 Å². The van der Waals surface area contributed by atoms with Crippen LogP contribution < -0.4 is 5.73 Å². The Labute approximate surface area is 102 Å². The van der Waals surface area contributed by atoms with Crippen molar-refractivity contribution in [3.63, 3.8) is 0 Å². The molecule has 0 atom stereocenters. The predicted molar refractivity (Wildman–Crippen MR) is 68.7 cm³/mol. The second-order valence-electron chi connectivity index (χ2n) is 3.51. The van der Waals surface area contributed by atoms with Crippen molar-refractivity contribution in [1.82, 2.24) is 9.88 Å². The molecule has 0 aliphatic heterocycles. The van der Waals surface area contributed by atoms with Crippen molar-refractivity contribution in [3.8, 4) is 0 Å². The molecule has 0 aliphatic rings. The van der Waals surface area contributed by atoms with Gasteiger partial charge in [-0.25, -0.2) is 4.98 Å². The van der Waals surface area contributed by atoms with Crippen molar-refractivity contribution >= 4 is 23.7 Å². The number of rotatable bonds is 6. The molecular weight excluding hydrogens is 230 g/mol. The zero-order valence-corrected chi connectivity index (χ0v) is 11.0. The molecule has 1 aromatic rings. The topological polar surface area (TPSA) is 42.2 Å². The summed E-state index contributed by atoms with van der Waals surface area (Å²) in [6.07, 6.45) is 2.27. The van der Waals surface area contributed by atoms with Gasteiger partial charge in [0.15, 0.2) is 0 Å². The van der Waals surface area contributed by atoms with Gasteiger partial charge in [-0.1, -0.05) is 6.92 Å². The quantitative estimate of drug-likeness (QED) is 0.838. The van der Waals surface area contributed by atoms with Crippen molar-refractivity contribution in [2.45, 2.75) is 26.3 Å². The van der Waals surface area contributed by atoms with Gasteiger partial charge in [0.25, 0.3) is 0 Å². The summed E-state index contributed by atoms with van der Waals surface area (Å²) in [4.78, 5) is 6.76. The Morgan fingerprint density at radius 3 is 2.87 bits per heavy atom. The van der Waals surface area contributed by atoms with Crippen molar-refractivity contribution in [3.05, 3.63) is 16.1 Å². The summed E-state index contributed by atoms with van der Waals surface area (Å²) in [5, 5.41) is 3.40. The summed E-state index contributed by atoms with van der Waals surface area (Å²) < 4.78 is 0. The van der Waals surface area contributed by atoms with E-state index in [2.05, 4.69) is 29.2 Å². The number of nitrogens with zero attached hydrogens (tertiary/aromatic N) is 2. The van der Waals surface area contributed by atoms with E-state index in [9.17, 15) is 0 Å². The highest BCUT2D eigenvalue weighted by Crippen LogP contribution is 2.12. The monoisotopic (exact) mass is 249 g/mol. The summed E-state index contributed by atoms with van der Waals surface area (Å²) in [6, 6.07) is 0. The molecule has 2 N–H and O–H groups in total. The van der Waals surface area contributed by atoms with Gasteiger partial charge in [0.05, 0.1) is 10.7 Å². The van der Waals surface area contributed by atoms with Gasteiger partial charge in [-0.3, -0.25) is 4.90 Å². The number of thiazole rings is 1. The Morgan fingerprint density at radius 1 is 1.53 bits per heavy atom. The first kappa shape index (κ1) is 14.8. The molecule has 0 bridgehead atoms.